The zero-order chi connectivity index (χ0) is 25.1. The second-order valence-corrected chi connectivity index (χ2v) is 8.83. The Balaban J connectivity index is 1.38. The quantitative estimate of drug-likeness (QED) is 0.532. The van der Waals surface area contributed by atoms with E-state index in [4.69, 9.17) is 0 Å². The lowest BCUT2D eigenvalue weighted by atomic mass is 10.1. The van der Waals surface area contributed by atoms with Crippen LogP contribution in [0.4, 0.5) is 0 Å². The fourth-order valence-corrected chi connectivity index (χ4v) is 3.86. The van der Waals surface area contributed by atoms with Gasteiger partial charge in [0.25, 0.3) is 23.6 Å². The maximum atomic E-state index is 12.7. The molecule has 0 atom stereocenters. The largest absolute Gasteiger partial charge is 0.348 e. The van der Waals surface area contributed by atoms with E-state index in [2.05, 4.69) is 5.32 Å². The minimum atomic E-state index is -0.332. The Bertz CT molecular complexity index is 1260. The highest BCUT2D eigenvalue weighted by molar-refractivity contribution is 6.21. The first-order chi connectivity index (χ1) is 16.8. The molecule has 4 rings (SSSR count). The van der Waals surface area contributed by atoms with Crippen molar-refractivity contribution in [3.63, 3.8) is 0 Å². The molecule has 1 aliphatic heterocycles. The number of nitrogens with one attached hydrogen (secondary N) is 1. The highest BCUT2D eigenvalue weighted by Gasteiger charge is 2.35. The van der Waals surface area contributed by atoms with Crippen LogP contribution in [0.25, 0.3) is 0 Å². The zero-order valence-corrected chi connectivity index (χ0v) is 19.9. The Labute approximate surface area is 204 Å². The van der Waals surface area contributed by atoms with Crippen LogP contribution in [0.1, 0.15) is 66.4 Å². The van der Waals surface area contributed by atoms with E-state index >= 15 is 0 Å². The third kappa shape index (κ3) is 4.99. The van der Waals surface area contributed by atoms with Crippen LogP contribution in [0.2, 0.25) is 0 Å². The normalized spacial score (nSPS) is 12.6. The highest BCUT2D eigenvalue weighted by Crippen LogP contribution is 2.24. The number of amides is 4. The number of nitrogens with zero attached hydrogens (tertiary/aromatic N) is 2. The third-order valence-corrected chi connectivity index (χ3v) is 6.16. The van der Waals surface area contributed by atoms with Gasteiger partial charge < -0.3 is 10.2 Å². The Kier molecular flexibility index (Phi) is 6.78. The van der Waals surface area contributed by atoms with E-state index in [9.17, 15) is 19.2 Å². The molecule has 178 valence electrons. The predicted octanol–water partition coefficient (Wildman–Crippen LogP) is 3.89. The molecule has 1 aliphatic rings. The van der Waals surface area contributed by atoms with E-state index in [0.29, 0.717) is 34.4 Å². The number of hydrogen-bond acceptors (Lipinski definition) is 4. The van der Waals surface area contributed by atoms with Crippen LogP contribution in [0.15, 0.2) is 72.8 Å². The first kappa shape index (κ1) is 23.9. The summed E-state index contributed by atoms with van der Waals surface area (Å²) < 4.78 is 0. The molecule has 0 bridgehead atoms. The van der Waals surface area contributed by atoms with Gasteiger partial charge in [-0.25, -0.2) is 0 Å². The van der Waals surface area contributed by atoms with Gasteiger partial charge in [-0.15, -0.1) is 0 Å². The molecular formula is C28H27N3O4. The number of fused-ring (bicyclic) bond motifs is 1. The lowest BCUT2D eigenvalue weighted by Gasteiger charge is -2.21. The minimum absolute atomic E-state index is 0.0505. The number of carbonyl (C=O) groups excluding carboxylic acids is 4. The first-order valence-electron chi connectivity index (χ1n) is 11.4. The van der Waals surface area contributed by atoms with Crippen molar-refractivity contribution in [1.29, 1.82) is 0 Å². The summed E-state index contributed by atoms with van der Waals surface area (Å²) >= 11 is 0. The summed E-state index contributed by atoms with van der Waals surface area (Å²) in [6.45, 7) is 4.30. The van der Waals surface area contributed by atoms with Gasteiger partial charge in [-0.05, 0) is 61.4 Å². The lowest BCUT2D eigenvalue weighted by Crippen LogP contribution is -2.32. The fraction of sp³-hybridized carbons (Fsp3) is 0.214. The average Bonchev–Trinajstić information content (AvgIpc) is 3.11. The molecule has 1 heterocycles. The van der Waals surface area contributed by atoms with Crippen molar-refractivity contribution >= 4 is 23.6 Å². The van der Waals surface area contributed by atoms with Crippen LogP contribution in [0, 0.1) is 0 Å². The van der Waals surface area contributed by atoms with Gasteiger partial charge in [-0.3, -0.25) is 24.1 Å². The summed E-state index contributed by atoms with van der Waals surface area (Å²) in [7, 11) is 1.77. The Hall–Kier alpha value is -4.26. The summed E-state index contributed by atoms with van der Waals surface area (Å²) in [5, 5.41) is 2.88. The molecule has 4 amide bonds. The van der Waals surface area contributed by atoms with Gasteiger partial charge >= 0.3 is 0 Å². The first-order valence-corrected chi connectivity index (χ1v) is 11.4. The molecule has 0 saturated heterocycles. The SMILES string of the molecule is CC(C)N(C)C(=O)c1ccc(CNC(=O)c2cccc(CN3C(=O)c4ccccc4C3=O)c2)cc1. The number of imide groups is 1. The minimum Gasteiger partial charge on any atom is -0.348 e. The molecule has 0 aliphatic carbocycles. The number of carbonyl (C=O) groups is 4. The lowest BCUT2D eigenvalue weighted by molar-refractivity contribution is 0.0641. The van der Waals surface area contributed by atoms with Crippen LogP contribution in [0.3, 0.4) is 0 Å². The van der Waals surface area contributed by atoms with Crippen LogP contribution in [-0.4, -0.2) is 46.5 Å². The second kappa shape index (κ2) is 9.93. The van der Waals surface area contributed by atoms with Crippen molar-refractivity contribution < 1.29 is 19.2 Å². The Morgan fingerprint density at radius 2 is 1.46 bits per heavy atom. The van der Waals surface area contributed by atoms with Crippen LogP contribution in [0.5, 0.6) is 0 Å². The van der Waals surface area contributed by atoms with Crippen molar-refractivity contribution in [2.75, 3.05) is 7.05 Å². The van der Waals surface area contributed by atoms with Crippen molar-refractivity contribution in [2.24, 2.45) is 0 Å². The molecular weight excluding hydrogens is 442 g/mol. The van der Waals surface area contributed by atoms with Crippen molar-refractivity contribution in [3.8, 4) is 0 Å². The molecule has 0 unspecified atom stereocenters. The number of benzene rings is 3. The summed E-state index contributed by atoms with van der Waals surface area (Å²) in [5.74, 6) is -0.983. The summed E-state index contributed by atoms with van der Waals surface area (Å²) in [4.78, 5) is 53.3. The summed E-state index contributed by atoms with van der Waals surface area (Å²) in [5.41, 5.74) is 3.38. The predicted molar refractivity (Wildman–Crippen MR) is 132 cm³/mol. The molecule has 0 spiro atoms. The molecule has 3 aromatic rings. The molecule has 7 nitrogen and oxygen atoms in total. The zero-order valence-electron chi connectivity index (χ0n) is 19.9. The average molecular weight is 470 g/mol. The molecule has 0 radical (unpaired) electrons. The highest BCUT2D eigenvalue weighted by atomic mass is 16.2. The van der Waals surface area contributed by atoms with Gasteiger partial charge in [0.1, 0.15) is 0 Å². The summed E-state index contributed by atoms with van der Waals surface area (Å²) in [6, 6.07) is 20.9. The topological polar surface area (TPSA) is 86.8 Å². The molecule has 3 aromatic carbocycles. The molecule has 0 saturated carbocycles. The molecule has 1 N–H and O–H groups in total. The van der Waals surface area contributed by atoms with E-state index in [1.54, 1.807) is 72.6 Å². The standard InChI is InChI=1S/C28H27N3O4/c1-18(2)30(3)26(33)21-13-11-19(12-14-21)16-29-25(32)22-8-6-7-20(15-22)17-31-27(34)23-9-4-5-10-24(23)28(31)35/h4-15,18H,16-17H2,1-3H3,(H,29,32). The molecule has 0 aromatic heterocycles. The Morgan fingerprint density at radius 1 is 0.829 bits per heavy atom. The van der Waals surface area contributed by atoms with Crippen LogP contribution < -0.4 is 5.32 Å². The van der Waals surface area contributed by atoms with E-state index in [1.165, 1.54) is 4.90 Å². The van der Waals surface area contributed by atoms with E-state index in [1.807, 2.05) is 26.0 Å². The van der Waals surface area contributed by atoms with Crippen molar-refractivity contribution in [1.82, 2.24) is 15.1 Å². The van der Waals surface area contributed by atoms with Crippen molar-refractivity contribution in [3.05, 3.63) is 106 Å². The molecule has 7 heteroatoms. The van der Waals surface area contributed by atoms with Gasteiger partial charge in [0, 0.05) is 30.8 Å². The maximum absolute atomic E-state index is 12.7. The number of hydrogen-bond donors (Lipinski definition) is 1. The second-order valence-electron chi connectivity index (χ2n) is 8.83. The maximum Gasteiger partial charge on any atom is 0.261 e. The fourth-order valence-electron chi connectivity index (χ4n) is 3.86. The molecule has 35 heavy (non-hydrogen) atoms. The number of rotatable bonds is 7. The van der Waals surface area contributed by atoms with Gasteiger partial charge in [-0.2, -0.15) is 0 Å². The van der Waals surface area contributed by atoms with E-state index < -0.39 is 0 Å². The monoisotopic (exact) mass is 469 g/mol. The van der Waals surface area contributed by atoms with Gasteiger partial charge in [0.05, 0.1) is 17.7 Å². The third-order valence-electron chi connectivity index (χ3n) is 6.16. The van der Waals surface area contributed by atoms with Gasteiger partial charge in [-0.1, -0.05) is 36.4 Å². The van der Waals surface area contributed by atoms with E-state index in [0.717, 1.165) is 5.56 Å². The summed E-state index contributed by atoms with van der Waals surface area (Å²) in [6.07, 6.45) is 0. The Morgan fingerprint density at radius 3 is 2.06 bits per heavy atom. The molecule has 0 fully saturated rings. The van der Waals surface area contributed by atoms with Gasteiger partial charge in [0.15, 0.2) is 0 Å². The smallest absolute Gasteiger partial charge is 0.261 e. The van der Waals surface area contributed by atoms with E-state index in [-0.39, 0.29) is 36.2 Å². The van der Waals surface area contributed by atoms with Crippen LogP contribution in [-0.2, 0) is 13.1 Å². The van der Waals surface area contributed by atoms with Crippen LogP contribution >= 0.6 is 0 Å². The van der Waals surface area contributed by atoms with Gasteiger partial charge in [0.2, 0.25) is 0 Å². The van der Waals surface area contributed by atoms with Crippen molar-refractivity contribution in [2.45, 2.75) is 33.0 Å².